The molecule has 17 heavy (non-hydrogen) atoms. The van der Waals surface area contributed by atoms with Crippen LogP contribution in [0.25, 0.3) is 0 Å². The summed E-state index contributed by atoms with van der Waals surface area (Å²) in [6.45, 7) is 2.54. The van der Waals surface area contributed by atoms with Gasteiger partial charge in [0, 0.05) is 19.6 Å². The summed E-state index contributed by atoms with van der Waals surface area (Å²) in [6, 6.07) is 9.94. The zero-order valence-electron chi connectivity index (χ0n) is 9.76. The van der Waals surface area contributed by atoms with E-state index in [4.69, 9.17) is 4.74 Å². The van der Waals surface area contributed by atoms with Crippen molar-refractivity contribution in [2.45, 2.75) is 18.9 Å². The molecule has 0 radical (unpaired) electrons. The van der Waals surface area contributed by atoms with Crippen molar-refractivity contribution in [3.8, 4) is 0 Å². The fourth-order valence-corrected chi connectivity index (χ4v) is 1.96. The van der Waals surface area contributed by atoms with Gasteiger partial charge in [-0.3, -0.25) is 4.90 Å². The maximum Gasteiger partial charge on any atom is 0.140 e. The van der Waals surface area contributed by atoms with Crippen LogP contribution >= 0.6 is 0 Å². The minimum Gasteiger partial charge on any atom is -0.389 e. The summed E-state index contributed by atoms with van der Waals surface area (Å²) in [5.41, 5.74) is 1.14. The van der Waals surface area contributed by atoms with Gasteiger partial charge in [0.2, 0.25) is 0 Å². The van der Waals surface area contributed by atoms with E-state index in [2.05, 4.69) is 0 Å². The molecule has 0 bridgehead atoms. The van der Waals surface area contributed by atoms with E-state index in [1.54, 1.807) is 0 Å². The Morgan fingerprint density at radius 3 is 2.71 bits per heavy atom. The summed E-state index contributed by atoms with van der Waals surface area (Å²) in [6.07, 6.45) is -1.94. The average molecular weight is 239 g/mol. The maximum absolute atomic E-state index is 13.0. The topological polar surface area (TPSA) is 32.7 Å². The van der Waals surface area contributed by atoms with Crippen LogP contribution in [0.2, 0.25) is 0 Å². The molecule has 2 rings (SSSR count). The molecule has 0 aromatic heterocycles. The van der Waals surface area contributed by atoms with E-state index in [1.807, 2.05) is 35.2 Å². The van der Waals surface area contributed by atoms with Crippen molar-refractivity contribution in [2.75, 3.05) is 26.2 Å². The van der Waals surface area contributed by atoms with Crippen molar-refractivity contribution in [1.82, 2.24) is 4.90 Å². The van der Waals surface area contributed by atoms with Crippen LogP contribution in [0.4, 0.5) is 4.39 Å². The Morgan fingerprint density at radius 1 is 1.29 bits per heavy atom. The van der Waals surface area contributed by atoms with Crippen LogP contribution in [0.1, 0.15) is 5.56 Å². The lowest BCUT2D eigenvalue weighted by Gasteiger charge is -2.14. The summed E-state index contributed by atoms with van der Waals surface area (Å²) < 4.78 is 18.5. The molecule has 1 N–H and O–H groups in total. The van der Waals surface area contributed by atoms with Gasteiger partial charge >= 0.3 is 0 Å². The highest BCUT2D eigenvalue weighted by molar-refractivity contribution is 5.13. The first-order chi connectivity index (χ1) is 8.25. The lowest BCUT2D eigenvalue weighted by atomic mass is 10.2. The summed E-state index contributed by atoms with van der Waals surface area (Å²) in [5, 5.41) is 9.25. The van der Waals surface area contributed by atoms with Gasteiger partial charge < -0.3 is 9.84 Å². The molecule has 4 heteroatoms. The smallest absolute Gasteiger partial charge is 0.140 e. The number of likely N-dealkylation sites (tertiary alicyclic amines) is 1. The molecule has 1 aromatic carbocycles. The van der Waals surface area contributed by atoms with Crippen LogP contribution in [0.5, 0.6) is 0 Å². The fraction of sp³-hybridized carbons (Fsp3) is 0.538. The highest BCUT2D eigenvalue weighted by Crippen LogP contribution is 2.12. The maximum atomic E-state index is 13.0. The van der Waals surface area contributed by atoms with Crippen LogP contribution in [0.3, 0.4) is 0 Å². The summed E-state index contributed by atoms with van der Waals surface area (Å²) >= 11 is 0. The van der Waals surface area contributed by atoms with Crippen LogP contribution < -0.4 is 0 Å². The van der Waals surface area contributed by atoms with Crippen molar-refractivity contribution >= 4 is 0 Å². The molecule has 0 amide bonds. The molecule has 2 atom stereocenters. The van der Waals surface area contributed by atoms with Crippen LogP contribution in [-0.2, 0) is 11.3 Å². The Bertz CT molecular complexity index is 323. The third-order valence-corrected chi connectivity index (χ3v) is 2.96. The van der Waals surface area contributed by atoms with E-state index in [1.165, 1.54) is 0 Å². The van der Waals surface area contributed by atoms with Gasteiger partial charge in [0.1, 0.15) is 6.17 Å². The van der Waals surface area contributed by atoms with E-state index in [0.717, 1.165) is 5.56 Å². The second kappa shape index (κ2) is 6.10. The molecular formula is C13H18FNO2. The van der Waals surface area contributed by atoms with E-state index in [0.29, 0.717) is 32.8 Å². The molecular weight excluding hydrogens is 221 g/mol. The van der Waals surface area contributed by atoms with Crippen LogP contribution in [0, 0.1) is 0 Å². The highest BCUT2D eigenvalue weighted by atomic mass is 19.1. The molecule has 1 aliphatic rings. The molecule has 3 nitrogen and oxygen atoms in total. The van der Waals surface area contributed by atoms with E-state index < -0.39 is 12.3 Å². The number of alkyl halides is 1. The van der Waals surface area contributed by atoms with Gasteiger partial charge in [0.05, 0.1) is 19.3 Å². The third-order valence-electron chi connectivity index (χ3n) is 2.96. The molecule has 1 aromatic rings. The van der Waals surface area contributed by atoms with Crippen molar-refractivity contribution < 1.29 is 14.2 Å². The van der Waals surface area contributed by atoms with Gasteiger partial charge in [-0.25, -0.2) is 4.39 Å². The molecule has 0 saturated carbocycles. The summed E-state index contributed by atoms with van der Waals surface area (Å²) in [7, 11) is 0. The monoisotopic (exact) mass is 239 g/mol. The number of hydrogen-bond acceptors (Lipinski definition) is 3. The number of halogens is 1. The van der Waals surface area contributed by atoms with E-state index in [9.17, 15) is 9.50 Å². The predicted octanol–water partition coefficient (Wildman–Crippen LogP) is 1.22. The first-order valence-corrected chi connectivity index (χ1v) is 5.92. The lowest BCUT2D eigenvalue weighted by Crippen LogP contribution is -2.26. The second-order valence-electron chi connectivity index (χ2n) is 4.38. The number of aliphatic hydroxyl groups excluding tert-OH is 1. The average Bonchev–Trinajstić information content (AvgIpc) is 2.66. The Hall–Kier alpha value is -0.970. The molecule has 0 spiro atoms. The van der Waals surface area contributed by atoms with Gasteiger partial charge in [-0.05, 0) is 5.56 Å². The van der Waals surface area contributed by atoms with Crippen LogP contribution in [0.15, 0.2) is 30.3 Å². The van der Waals surface area contributed by atoms with Gasteiger partial charge in [-0.1, -0.05) is 30.3 Å². The van der Waals surface area contributed by atoms with Gasteiger partial charge in [-0.15, -0.1) is 0 Å². The summed E-state index contributed by atoms with van der Waals surface area (Å²) in [4.78, 5) is 1.89. The molecule has 94 valence electrons. The standard InChI is InChI=1S/C13H18FNO2/c14-12-8-15(9-13(12)16)6-7-17-10-11-4-2-1-3-5-11/h1-5,12-13,16H,6-10H2. The van der Waals surface area contributed by atoms with Crippen molar-refractivity contribution in [2.24, 2.45) is 0 Å². The van der Waals surface area contributed by atoms with Gasteiger partial charge in [-0.2, -0.15) is 0 Å². The third kappa shape index (κ3) is 3.77. The predicted molar refractivity (Wildman–Crippen MR) is 63.4 cm³/mol. The lowest BCUT2D eigenvalue weighted by molar-refractivity contribution is 0.0930. The quantitative estimate of drug-likeness (QED) is 0.784. The normalized spacial score (nSPS) is 25.3. The Balaban J connectivity index is 1.61. The molecule has 1 fully saturated rings. The van der Waals surface area contributed by atoms with E-state index in [-0.39, 0.29) is 0 Å². The number of benzene rings is 1. The Labute approximate surface area is 101 Å². The number of ether oxygens (including phenoxy) is 1. The van der Waals surface area contributed by atoms with Gasteiger partial charge in [0.15, 0.2) is 0 Å². The molecule has 0 aliphatic carbocycles. The SMILES string of the molecule is OC1CN(CCOCc2ccccc2)CC1F. The first kappa shape index (κ1) is 12.5. The highest BCUT2D eigenvalue weighted by Gasteiger charge is 2.30. The zero-order chi connectivity index (χ0) is 12.1. The zero-order valence-corrected chi connectivity index (χ0v) is 9.76. The minimum absolute atomic E-state index is 0.315. The number of rotatable bonds is 5. The second-order valence-corrected chi connectivity index (χ2v) is 4.38. The van der Waals surface area contributed by atoms with Crippen molar-refractivity contribution in [1.29, 1.82) is 0 Å². The number of aliphatic hydroxyl groups is 1. The molecule has 2 unspecified atom stereocenters. The van der Waals surface area contributed by atoms with Gasteiger partial charge in [0.25, 0.3) is 0 Å². The fourth-order valence-electron chi connectivity index (χ4n) is 1.96. The first-order valence-electron chi connectivity index (χ1n) is 5.92. The number of β-amino-alcohol motifs (C(OH)–C–C–N with tert-alkyl or cyclic N) is 1. The Kier molecular flexibility index (Phi) is 4.48. The number of nitrogens with zero attached hydrogens (tertiary/aromatic N) is 1. The Morgan fingerprint density at radius 2 is 2.06 bits per heavy atom. The largest absolute Gasteiger partial charge is 0.389 e. The molecule has 1 saturated heterocycles. The summed E-state index contributed by atoms with van der Waals surface area (Å²) in [5.74, 6) is 0. The molecule has 1 aliphatic heterocycles. The van der Waals surface area contributed by atoms with Crippen molar-refractivity contribution in [3.63, 3.8) is 0 Å². The van der Waals surface area contributed by atoms with E-state index >= 15 is 0 Å². The minimum atomic E-state index is -1.11. The molecule has 1 heterocycles. The van der Waals surface area contributed by atoms with Crippen LogP contribution in [-0.4, -0.2) is 48.5 Å². The van der Waals surface area contributed by atoms with Crippen molar-refractivity contribution in [3.05, 3.63) is 35.9 Å². The number of hydrogen-bond donors (Lipinski definition) is 1.